The lowest BCUT2D eigenvalue weighted by molar-refractivity contribution is -0.134. The highest BCUT2D eigenvalue weighted by Gasteiger charge is 2.55. The van der Waals surface area contributed by atoms with Crippen molar-refractivity contribution >= 4 is 17.7 Å². The van der Waals surface area contributed by atoms with Crippen LogP contribution in [0.25, 0.3) is 0 Å². The van der Waals surface area contributed by atoms with E-state index in [0.717, 1.165) is 31.2 Å². The minimum absolute atomic E-state index is 0.0554. The van der Waals surface area contributed by atoms with E-state index >= 15 is 0 Å². The molecule has 1 aromatic carbocycles. The molecule has 2 saturated heterocycles. The van der Waals surface area contributed by atoms with Crippen LogP contribution in [0.4, 0.5) is 4.39 Å². The first-order valence-corrected chi connectivity index (χ1v) is 9.85. The molecule has 2 aliphatic heterocycles. The zero-order valence-electron chi connectivity index (χ0n) is 15.4. The highest BCUT2D eigenvalue weighted by atomic mass is 19.1. The Labute approximate surface area is 158 Å². The second-order valence-corrected chi connectivity index (χ2v) is 8.19. The van der Waals surface area contributed by atoms with E-state index in [-0.39, 0.29) is 41.8 Å². The van der Waals surface area contributed by atoms with Gasteiger partial charge in [0.2, 0.25) is 17.7 Å². The van der Waals surface area contributed by atoms with Crippen molar-refractivity contribution < 1.29 is 18.8 Å². The van der Waals surface area contributed by atoms with Gasteiger partial charge in [-0.2, -0.15) is 0 Å². The maximum atomic E-state index is 13.4. The number of benzene rings is 1. The van der Waals surface area contributed by atoms with Crippen molar-refractivity contribution in [2.45, 2.75) is 50.9 Å². The highest BCUT2D eigenvalue weighted by molar-refractivity contribution is 6.06. The summed E-state index contributed by atoms with van der Waals surface area (Å²) in [6.45, 7) is 1.31. The maximum absolute atomic E-state index is 13.4. The van der Waals surface area contributed by atoms with Gasteiger partial charge in [0.05, 0.1) is 5.41 Å². The van der Waals surface area contributed by atoms with Crippen molar-refractivity contribution in [1.82, 2.24) is 10.2 Å². The molecule has 6 heteroatoms. The van der Waals surface area contributed by atoms with Crippen LogP contribution in [0.5, 0.6) is 0 Å². The third kappa shape index (κ3) is 3.62. The topological polar surface area (TPSA) is 66.5 Å². The van der Waals surface area contributed by atoms with E-state index in [0.29, 0.717) is 25.9 Å². The Hall–Kier alpha value is -2.24. The summed E-state index contributed by atoms with van der Waals surface area (Å²) < 4.78 is 13.4. The number of hydrogen-bond donors (Lipinski definition) is 1. The summed E-state index contributed by atoms with van der Waals surface area (Å²) in [7, 11) is 0. The van der Waals surface area contributed by atoms with Crippen LogP contribution in [-0.2, 0) is 14.4 Å². The molecule has 1 aromatic rings. The van der Waals surface area contributed by atoms with Crippen molar-refractivity contribution in [2.24, 2.45) is 11.3 Å². The Bertz CT molecular complexity index is 768. The highest BCUT2D eigenvalue weighted by Crippen LogP contribution is 2.52. The molecule has 27 heavy (non-hydrogen) atoms. The van der Waals surface area contributed by atoms with Gasteiger partial charge in [-0.25, -0.2) is 4.39 Å². The molecule has 3 aliphatic rings. The summed E-state index contributed by atoms with van der Waals surface area (Å²) in [5, 5.41) is 2.43. The van der Waals surface area contributed by atoms with Crippen LogP contribution < -0.4 is 5.32 Å². The van der Waals surface area contributed by atoms with Crippen molar-refractivity contribution in [3.05, 3.63) is 35.6 Å². The first-order chi connectivity index (χ1) is 13.0. The molecule has 0 radical (unpaired) electrons. The van der Waals surface area contributed by atoms with Crippen molar-refractivity contribution in [3.63, 3.8) is 0 Å². The monoisotopic (exact) mass is 372 g/mol. The van der Waals surface area contributed by atoms with E-state index < -0.39 is 5.41 Å². The summed E-state index contributed by atoms with van der Waals surface area (Å²) in [6.07, 6.45) is 4.57. The van der Waals surface area contributed by atoms with Crippen LogP contribution in [0.2, 0.25) is 0 Å². The molecule has 1 aliphatic carbocycles. The van der Waals surface area contributed by atoms with Gasteiger partial charge in [0.25, 0.3) is 0 Å². The predicted octanol–water partition coefficient (Wildman–Crippen LogP) is 2.75. The molecule has 0 spiro atoms. The molecule has 2 heterocycles. The molecule has 4 rings (SSSR count). The third-order valence-electron chi connectivity index (χ3n) is 6.49. The van der Waals surface area contributed by atoms with Crippen LogP contribution in [0.15, 0.2) is 24.3 Å². The van der Waals surface area contributed by atoms with Gasteiger partial charge in [-0.05, 0) is 61.6 Å². The lowest BCUT2D eigenvalue weighted by Gasteiger charge is -2.33. The number of hydrogen-bond acceptors (Lipinski definition) is 3. The Morgan fingerprint density at radius 3 is 2.52 bits per heavy atom. The molecule has 1 atom stereocenters. The SMILES string of the molecule is O=C1CC(CCC(=O)N2CCC(c3cccc(F)c3)CC2)(C2CC2)C(=O)N1. The van der Waals surface area contributed by atoms with Crippen LogP contribution in [0, 0.1) is 17.2 Å². The molecule has 3 amide bonds. The second-order valence-electron chi connectivity index (χ2n) is 8.19. The zero-order valence-corrected chi connectivity index (χ0v) is 15.4. The quantitative estimate of drug-likeness (QED) is 0.808. The minimum Gasteiger partial charge on any atom is -0.343 e. The van der Waals surface area contributed by atoms with E-state index in [1.807, 2.05) is 11.0 Å². The van der Waals surface area contributed by atoms with E-state index in [4.69, 9.17) is 0 Å². The van der Waals surface area contributed by atoms with Crippen LogP contribution in [0.1, 0.15) is 56.4 Å². The lowest BCUT2D eigenvalue weighted by atomic mass is 9.76. The van der Waals surface area contributed by atoms with Gasteiger partial charge in [0.15, 0.2) is 0 Å². The standard InChI is InChI=1S/C21H25FN2O3/c22-17-3-1-2-15(12-17)14-7-10-24(11-8-14)19(26)6-9-21(16-4-5-16)13-18(25)23-20(21)27/h1-3,12,14,16H,4-11,13H2,(H,23,25,27). The summed E-state index contributed by atoms with van der Waals surface area (Å²) in [6, 6.07) is 6.70. The molecule has 1 saturated carbocycles. The minimum atomic E-state index is -0.660. The molecule has 0 bridgehead atoms. The van der Waals surface area contributed by atoms with Gasteiger partial charge in [-0.3, -0.25) is 19.7 Å². The molecule has 1 unspecified atom stereocenters. The van der Waals surface area contributed by atoms with Gasteiger partial charge in [-0.15, -0.1) is 0 Å². The first-order valence-electron chi connectivity index (χ1n) is 9.85. The van der Waals surface area contributed by atoms with Gasteiger partial charge >= 0.3 is 0 Å². The zero-order chi connectivity index (χ0) is 19.0. The number of carbonyl (C=O) groups excluding carboxylic acids is 3. The summed E-state index contributed by atoms with van der Waals surface area (Å²) in [5.41, 5.74) is 0.336. The Morgan fingerprint density at radius 2 is 1.93 bits per heavy atom. The van der Waals surface area contributed by atoms with Gasteiger partial charge in [0.1, 0.15) is 5.82 Å². The van der Waals surface area contributed by atoms with Gasteiger partial charge in [0, 0.05) is 25.9 Å². The van der Waals surface area contributed by atoms with Crippen LogP contribution >= 0.6 is 0 Å². The van der Waals surface area contributed by atoms with E-state index in [9.17, 15) is 18.8 Å². The number of rotatable bonds is 5. The molecule has 144 valence electrons. The smallest absolute Gasteiger partial charge is 0.233 e. The number of amides is 3. The number of carbonyl (C=O) groups is 3. The average Bonchev–Trinajstić information content (AvgIpc) is 3.46. The summed E-state index contributed by atoms with van der Waals surface area (Å²) in [4.78, 5) is 38.5. The average molecular weight is 372 g/mol. The molecular formula is C21H25FN2O3. The molecule has 5 nitrogen and oxygen atoms in total. The Balaban J connectivity index is 1.32. The van der Waals surface area contributed by atoms with Gasteiger partial charge in [-0.1, -0.05) is 12.1 Å². The fourth-order valence-electron chi connectivity index (χ4n) is 4.74. The molecule has 0 aromatic heterocycles. The molecule has 3 fully saturated rings. The van der Waals surface area contributed by atoms with E-state index in [1.165, 1.54) is 6.07 Å². The van der Waals surface area contributed by atoms with Crippen molar-refractivity contribution in [2.75, 3.05) is 13.1 Å². The second kappa shape index (κ2) is 7.06. The normalized spacial score (nSPS) is 26.3. The predicted molar refractivity (Wildman–Crippen MR) is 97.1 cm³/mol. The third-order valence-corrected chi connectivity index (χ3v) is 6.49. The van der Waals surface area contributed by atoms with E-state index in [2.05, 4.69) is 5.32 Å². The number of imide groups is 1. The van der Waals surface area contributed by atoms with Gasteiger partial charge < -0.3 is 4.90 Å². The summed E-state index contributed by atoms with van der Waals surface area (Å²) in [5.74, 6) is -0.0419. The maximum Gasteiger partial charge on any atom is 0.233 e. The van der Waals surface area contributed by atoms with Crippen molar-refractivity contribution in [3.8, 4) is 0 Å². The Kier molecular flexibility index (Phi) is 4.74. The van der Waals surface area contributed by atoms with Crippen LogP contribution in [-0.4, -0.2) is 35.7 Å². The first kappa shape index (κ1) is 18.1. The van der Waals surface area contributed by atoms with Crippen LogP contribution in [0.3, 0.4) is 0 Å². The fraction of sp³-hybridized carbons (Fsp3) is 0.571. The van der Waals surface area contributed by atoms with E-state index in [1.54, 1.807) is 12.1 Å². The number of likely N-dealkylation sites (tertiary alicyclic amines) is 1. The number of nitrogens with one attached hydrogen (secondary N) is 1. The number of halogens is 1. The molecule has 1 N–H and O–H groups in total. The number of nitrogens with zero attached hydrogens (tertiary/aromatic N) is 1. The molecular weight excluding hydrogens is 347 g/mol. The summed E-state index contributed by atoms with van der Waals surface area (Å²) >= 11 is 0. The van der Waals surface area contributed by atoms with Crippen molar-refractivity contribution in [1.29, 1.82) is 0 Å². The Morgan fingerprint density at radius 1 is 1.19 bits per heavy atom. The fourth-order valence-corrected chi connectivity index (χ4v) is 4.74. The number of piperidine rings is 1. The largest absolute Gasteiger partial charge is 0.343 e. The lowest BCUT2D eigenvalue weighted by Crippen LogP contribution is -2.40.